The summed E-state index contributed by atoms with van der Waals surface area (Å²) in [4.78, 5) is 26.0. The number of hydrogen-bond donors (Lipinski definition) is 3. The summed E-state index contributed by atoms with van der Waals surface area (Å²) in [5.74, 6) is -0.526. The zero-order valence-electron chi connectivity index (χ0n) is 37.5. The van der Waals surface area contributed by atoms with Crippen LogP contribution in [0.3, 0.4) is 0 Å². The number of ether oxygens (including phenoxy) is 1. The number of carbonyl (C=O) groups is 2. The predicted octanol–water partition coefficient (Wildman–Crippen LogP) is 14.1. The predicted molar refractivity (Wildman–Crippen MR) is 245 cm³/mol. The van der Waals surface area contributed by atoms with Gasteiger partial charge in [0, 0.05) is 6.42 Å². The lowest BCUT2D eigenvalue weighted by atomic mass is 10.0. The van der Waals surface area contributed by atoms with Gasteiger partial charge in [0.15, 0.2) is 0 Å². The SMILES string of the molecule is CCCC/C=C\CCCCCCCC(=O)OC(CCCCC/C=C/C=C/C=C/C=C/CCCCC)CC(=O)NC(CO)C(O)CCCCCCCCCCCCC. The average Bonchev–Trinajstić information content (AvgIpc) is 3.20. The van der Waals surface area contributed by atoms with Crippen LogP contribution in [0.1, 0.15) is 226 Å². The third kappa shape index (κ3) is 40.1. The maximum Gasteiger partial charge on any atom is 0.306 e. The number of carbonyl (C=O) groups excluding carboxylic acids is 2. The lowest BCUT2D eigenvalue weighted by Crippen LogP contribution is -2.46. The lowest BCUT2D eigenvalue weighted by Gasteiger charge is -2.24. The molecule has 330 valence electrons. The Bertz CT molecular complexity index is 1030. The molecule has 0 bridgehead atoms. The van der Waals surface area contributed by atoms with Crippen LogP contribution in [-0.2, 0) is 14.3 Å². The van der Waals surface area contributed by atoms with Crippen molar-refractivity contribution in [2.45, 2.75) is 244 Å². The van der Waals surface area contributed by atoms with Crippen molar-refractivity contribution < 1.29 is 24.5 Å². The van der Waals surface area contributed by atoms with Gasteiger partial charge in [0.2, 0.25) is 5.91 Å². The monoisotopic (exact) mass is 798 g/mol. The molecular weight excluding hydrogens is 707 g/mol. The quantitative estimate of drug-likeness (QED) is 0.0247. The molecule has 3 unspecified atom stereocenters. The summed E-state index contributed by atoms with van der Waals surface area (Å²) in [6.45, 7) is 6.38. The second-order valence-corrected chi connectivity index (χ2v) is 16.2. The first kappa shape index (κ1) is 54.6. The van der Waals surface area contributed by atoms with Crippen molar-refractivity contribution in [3.05, 3.63) is 60.8 Å². The van der Waals surface area contributed by atoms with E-state index in [1.807, 2.05) is 6.08 Å². The van der Waals surface area contributed by atoms with Crippen LogP contribution in [0, 0.1) is 0 Å². The summed E-state index contributed by atoms with van der Waals surface area (Å²) in [7, 11) is 0. The van der Waals surface area contributed by atoms with Crippen molar-refractivity contribution in [1.82, 2.24) is 5.32 Å². The number of esters is 1. The van der Waals surface area contributed by atoms with Crippen LogP contribution in [0.25, 0.3) is 0 Å². The van der Waals surface area contributed by atoms with E-state index in [2.05, 4.69) is 80.8 Å². The molecule has 3 N–H and O–H groups in total. The van der Waals surface area contributed by atoms with Gasteiger partial charge in [-0.1, -0.05) is 204 Å². The molecule has 0 aromatic heterocycles. The lowest BCUT2D eigenvalue weighted by molar-refractivity contribution is -0.151. The molecule has 0 aliphatic rings. The van der Waals surface area contributed by atoms with E-state index in [-0.39, 0.29) is 24.9 Å². The van der Waals surface area contributed by atoms with Gasteiger partial charge in [0.1, 0.15) is 6.10 Å². The van der Waals surface area contributed by atoms with Crippen molar-refractivity contribution in [2.24, 2.45) is 0 Å². The number of aliphatic hydroxyl groups excluding tert-OH is 2. The Morgan fingerprint density at radius 2 is 0.930 bits per heavy atom. The molecule has 0 heterocycles. The fourth-order valence-corrected chi connectivity index (χ4v) is 6.95. The summed E-state index contributed by atoms with van der Waals surface area (Å²) in [6, 6.07) is -0.716. The molecule has 3 atom stereocenters. The molecule has 0 spiro atoms. The summed E-state index contributed by atoms with van der Waals surface area (Å²) in [5, 5.41) is 23.7. The van der Waals surface area contributed by atoms with Crippen molar-refractivity contribution in [3.63, 3.8) is 0 Å². The highest BCUT2D eigenvalue weighted by molar-refractivity contribution is 5.77. The number of aliphatic hydroxyl groups is 2. The molecule has 1 amide bonds. The standard InChI is InChI=1S/C51H91NO5/c1-4-7-10-13-16-19-22-23-24-25-26-29-30-33-36-39-42-47(57-51(56)44-41-38-35-32-28-21-18-15-12-9-6-3)45-50(55)52-48(46-53)49(54)43-40-37-34-31-27-20-17-14-11-8-5-2/h15-16,18-19,22-26,29,47-49,53-54H,4-14,17,20-21,27-28,30-46H2,1-3H3,(H,52,55)/b18-15-,19-16+,23-22+,25-24+,29-26+. The number of rotatable bonds is 42. The van der Waals surface area contributed by atoms with Gasteiger partial charge in [-0.05, 0) is 70.6 Å². The van der Waals surface area contributed by atoms with E-state index in [1.165, 1.54) is 103 Å². The summed E-state index contributed by atoms with van der Waals surface area (Å²) >= 11 is 0. The number of allylic oxidation sites excluding steroid dienone is 10. The highest BCUT2D eigenvalue weighted by Crippen LogP contribution is 2.17. The van der Waals surface area contributed by atoms with E-state index in [0.29, 0.717) is 19.3 Å². The van der Waals surface area contributed by atoms with Crippen LogP contribution >= 0.6 is 0 Å². The summed E-state index contributed by atoms with van der Waals surface area (Å²) in [6.07, 6.45) is 54.1. The molecular formula is C51H91NO5. The molecule has 6 nitrogen and oxygen atoms in total. The third-order valence-electron chi connectivity index (χ3n) is 10.7. The van der Waals surface area contributed by atoms with E-state index in [0.717, 1.165) is 77.0 Å². The number of amides is 1. The van der Waals surface area contributed by atoms with Crippen LogP contribution in [-0.4, -0.2) is 46.9 Å². The normalized spacial score (nSPS) is 13.8. The Balaban J connectivity index is 4.71. The summed E-state index contributed by atoms with van der Waals surface area (Å²) < 4.78 is 5.89. The molecule has 57 heavy (non-hydrogen) atoms. The average molecular weight is 798 g/mol. The smallest absolute Gasteiger partial charge is 0.306 e. The number of hydrogen-bond acceptors (Lipinski definition) is 5. The molecule has 0 aliphatic carbocycles. The Morgan fingerprint density at radius 3 is 1.51 bits per heavy atom. The zero-order valence-corrected chi connectivity index (χ0v) is 37.5. The molecule has 0 rings (SSSR count). The van der Waals surface area contributed by atoms with E-state index in [4.69, 9.17) is 4.74 Å². The molecule has 0 fully saturated rings. The van der Waals surface area contributed by atoms with Gasteiger partial charge in [-0.25, -0.2) is 0 Å². The second-order valence-electron chi connectivity index (χ2n) is 16.2. The van der Waals surface area contributed by atoms with Crippen molar-refractivity contribution in [2.75, 3.05) is 6.61 Å². The van der Waals surface area contributed by atoms with Gasteiger partial charge in [-0.3, -0.25) is 9.59 Å². The van der Waals surface area contributed by atoms with Gasteiger partial charge in [0.25, 0.3) is 0 Å². The van der Waals surface area contributed by atoms with E-state index >= 15 is 0 Å². The molecule has 0 aromatic rings. The van der Waals surface area contributed by atoms with E-state index in [9.17, 15) is 19.8 Å². The van der Waals surface area contributed by atoms with Gasteiger partial charge in [0.05, 0.1) is 25.2 Å². The highest BCUT2D eigenvalue weighted by Gasteiger charge is 2.24. The van der Waals surface area contributed by atoms with Crippen molar-refractivity contribution >= 4 is 11.9 Å². The van der Waals surface area contributed by atoms with Gasteiger partial charge >= 0.3 is 5.97 Å². The topological polar surface area (TPSA) is 95.9 Å². The minimum absolute atomic E-state index is 0.0469. The molecule has 0 radical (unpaired) electrons. The van der Waals surface area contributed by atoms with Gasteiger partial charge in [-0.15, -0.1) is 0 Å². The largest absolute Gasteiger partial charge is 0.462 e. The maximum absolute atomic E-state index is 13.1. The van der Waals surface area contributed by atoms with E-state index in [1.54, 1.807) is 0 Å². The van der Waals surface area contributed by atoms with Crippen molar-refractivity contribution in [1.29, 1.82) is 0 Å². The van der Waals surface area contributed by atoms with Gasteiger partial charge in [-0.2, -0.15) is 0 Å². The van der Waals surface area contributed by atoms with E-state index < -0.39 is 18.2 Å². The fourth-order valence-electron chi connectivity index (χ4n) is 6.95. The Hall–Kier alpha value is -2.44. The van der Waals surface area contributed by atoms with Crippen molar-refractivity contribution in [3.8, 4) is 0 Å². The molecule has 6 heteroatoms. The van der Waals surface area contributed by atoms with Crippen LogP contribution in [0.4, 0.5) is 0 Å². The molecule has 0 aromatic carbocycles. The van der Waals surface area contributed by atoms with Crippen LogP contribution in [0.5, 0.6) is 0 Å². The zero-order chi connectivity index (χ0) is 41.7. The molecule has 0 saturated carbocycles. The Kier molecular flexibility index (Phi) is 42.7. The third-order valence-corrected chi connectivity index (χ3v) is 10.7. The Morgan fingerprint density at radius 1 is 0.509 bits per heavy atom. The summed E-state index contributed by atoms with van der Waals surface area (Å²) in [5.41, 5.74) is 0. The highest BCUT2D eigenvalue weighted by atomic mass is 16.5. The minimum Gasteiger partial charge on any atom is -0.462 e. The Labute approximate surface area is 352 Å². The van der Waals surface area contributed by atoms with Crippen LogP contribution < -0.4 is 5.32 Å². The van der Waals surface area contributed by atoms with Crippen LogP contribution in [0.2, 0.25) is 0 Å². The maximum atomic E-state index is 13.1. The van der Waals surface area contributed by atoms with Crippen LogP contribution in [0.15, 0.2) is 60.8 Å². The first-order valence-electron chi connectivity index (χ1n) is 24.1. The first-order chi connectivity index (χ1) is 28.0. The second kappa shape index (κ2) is 44.7. The fraction of sp³-hybridized carbons (Fsp3) is 0.765. The van der Waals surface area contributed by atoms with Gasteiger partial charge < -0.3 is 20.3 Å². The number of unbranched alkanes of at least 4 members (excludes halogenated alkanes) is 23. The first-order valence-corrected chi connectivity index (χ1v) is 24.1. The molecule has 0 saturated heterocycles. The minimum atomic E-state index is -0.799. The molecule has 0 aliphatic heterocycles. The number of nitrogens with one attached hydrogen (secondary N) is 1.